The van der Waals surface area contributed by atoms with Gasteiger partial charge in [-0.15, -0.1) is 0 Å². The summed E-state index contributed by atoms with van der Waals surface area (Å²) in [7, 11) is -1.51. The summed E-state index contributed by atoms with van der Waals surface area (Å²) >= 11 is 0. The van der Waals surface area contributed by atoms with Crippen LogP contribution in [0.2, 0.25) is 0 Å². The highest BCUT2D eigenvalue weighted by molar-refractivity contribution is 6.58. The van der Waals surface area contributed by atoms with Gasteiger partial charge in [0.15, 0.2) is 75.8 Å². The fraction of sp³-hybridized carbons (Fsp3) is 0.135. The largest absolute Gasteiger partial charge is 0.488 e. The minimum Gasteiger partial charge on any atom is -0.423 e. The Labute approximate surface area is 259 Å². The van der Waals surface area contributed by atoms with Crippen LogP contribution in [0, 0.1) is 6.92 Å². The van der Waals surface area contributed by atoms with E-state index in [1.54, 1.807) is 0 Å². The standard InChI is InChI=1S/C37H37BN4O2/c1-30-8-16-40(17-9-30)28-33-23-34(25-37(24-33)38(43)44)29-42-20-12-36(13-21-42)35-10-18-41(19-11-35)27-32-7-5-6-31(22-32)26-39-14-3-2-4-15-39/h2-25,43-44H,26-29H2,1H3/q+4. The van der Waals surface area contributed by atoms with E-state index in [-0.39, 0.29) is 0 Å². The molecule has 0 spiro atoms. The summed E-state index contributed by atoms with van der Waals surface area (Å²) in [4.78, 5) is 0. The molecule has 216 valence electrons. The van der Waals surface area contributed by atoms with E-state index in [0.717, 1.165) is 35.3 Å². The van der Waals surface area contributed by atoms with Gasteiger partial charge in [-0.2, -0.15) is 0 Å². The number of nitrogens with zero attached hydrogens (tertiary/aromatic N) is 4. The lowest BCUT2D eigenvalue weighted by Crippen LogP contribution is -2.37. The van der Waals surface area contributed by atoms with Crippen LogP contribution in [0.25, 0.3) is 11.1 Å². The fourth-order valence-corrected chi connectivity index (χ4v) is 5.48. The topological polar surface area (TPSA) is 56.0 Å². The molecule has 0 saturated heterocycles. The summed E-state index contributed by atoms with van der Waals surface area (Å²) in [5.74, 6) is 0. The minimum atomic E-state index is -1.51. The number of aromatic nitrogens is 4. The first-order valence-electron chi connectivity index (χ1n) is 14.9. The predicted molar refractivity (Wildman–Crippen MR) is 169 cm³/mol. The Bertz CT molecular complexity index is 1830. The number of rotatable bonds is 10. The van der Waals surface area contributed by atoms with Crippen LogP contribution < -0.4 is 23.7 Å². The SMILES string of the molecule is Cc1cc[n+](Cc2cc(C[n+]3ccc(-c4cc[n+](Cc5cccc(C[n+]6ccccc6)c5)cc4)cc3)cc(B(O)O)c2)cc1. The lowest BCUT2D eigenvalue weighted by atomic mass is 9.78. The van der Waals surface area contributed by atoms with Crippen molar-refractivity contribution < 1.29 is 28.3 Å². The maximum atomic E-state index is 9.91. The van der Waals surface area contributed by atoms with Gasteiger partial charge in [0.25, 0.3) is 0 Å². The van der Waals surface area contributed by atoms with Gasteiger partial charge in [-0.05, 0) is 41.2 Å². The van der Waals surface area contributed by atoms with Crippen LogP contribution in [0.1, 0.15) is 27.8 Å². The summed E-state index contributed by atoms with van der Waals surface area (Å²) in [6.07, 6.45) is 16.7. The molecule has 44 heavy (non-hydrogen) atoms. The van der Waals surface area contributed by atoms with E-state index >= 15 is 0 Å². The fourth-order valence-electron chi connectivity index (χ4n) is 5.48. The zero-order valence-electron chi connectivity index (χ0n) is 24.9. The molecule has 0 aliphatic rings. The van der Waals surface area contributed by atoms with Crippen molar-refractivity contribution in [2.24, 2.45) is 0 Å². The molecule has 0 atom stereocenters. The van der Waals surface area contributed by atoms with Crippen LogP contribution in [0.15, 0.2) is 147 Å². The Balaban J connectivity index is 1.11. The van der Waals surface area contributed by atoms with Crippen LogP contribution in [-0.4, -0.2) is 17.2 Å². The molecule has 7 heteroatoms. The molecule has 2 N–H and O–H groups in total. The molecule has 0 aliphatic carbocycles. The van der Waals surface area contributed by atoms with Crippen molar-refractivity contribution in [3.8, 4) is 11.1 Å². The van der Waals surface area contributed by atoms with Crippen molar-refractivity contribution in [3.63, 3.8) is 0 Å². The van der Waals surface area contributed by atoms with Gasteiger partial charge >= 0.3 is 7.12 Å². The summed E-state index contributed by atoms with van der Waals surface area (Å²) in [5, 5.41) is 19.8. The average Bonchev–Trinajstić information content (AvgIpc) is 3.04. The molecule has 0 aliphatic heterocycles. The molecule has 0 saturated carbocycles. The molecule has 0 radical (unpaired) electrons. The zero-order valence-corrected chi connectivity index (χ0v) is 24.9. The van der Waals surface area contributed by atoms with E-state index in [4.69, 9.17) is 0 Å². The third kappa shape index (κ3) is 7.69. The van der Waals surface area contributed by atoms with Crippen LogP contribution in [-0.2, 0) is 26.2 Å². The Hall–Kier alpha value is -4.98. The Morgan fingerprint density at radius 3 is 1.34 bits per heavy atom. The second kappa shape index (κ2) is 13.5. The van der Waals surface area contributed by atoms with Crippen molar-refractivity contribution in [1.29, 1.82) is 0 Å². The van der Waals surface area contributed by atoms with E-state index in [1.807, 2.05) is 30.6 Å². The molecule has 6 rings (SSSR count). The van der Waals surface area contributed by atoms with Crippen LogP contribution >= 0.6 is 0 Å². The Morgan fingerprint density at radius 2 is 0.864 bits per heavy atom. The van der Waals surface area contributed by atoms with E-state index in [1.165, 1.54) is 16.7 Å². The van der Waals surface area contributed by atoms with E-state index in [2.05, 4.69) is 141 Å². The zero-order chi connectivity index (χ0) is 30.3. The third-order valence-corrected chi connectivity index (χ3v) is 7.78. The van der Waals surface area contributed by atoms with Crippen LogP contribution in [0.4, 0.5) is 0 Å². The van der Waals surface area contributed by atoms with Crippen molar-refractivity contribution >= 4 is 12.6 Å². The third-order valence-electron chi connectivity index (χ3n) is 7.78. The normalized spacial score (nSPS) is 11.0. The maximum Gasteiger partial charge on any atom is 0.488 e. The minimum absolute atomic E-state index is 0.502. The number of hydrogen-bond donors (Lipinski definition) is 2. The summed E-state index contributed by atoms with van der Waals surface area (Å²) in [6, 6.07) is 33.5. The molecular formula is C37H37BN4O2+4. The second-order valence-electron chi connectivity index (χ2n) is 11.4. The second-order valence-corrected chi connectivity index (χ2v) is 11.4. The molecule has 0 bridgehead atoms. The molecule has 6 nitrogen and oxygen atoms in total. The first kappa shape index (κ1) is 29.1. The van der Waals surface area contributed by atoms with Crippen molar-refractivity contribution in [3.05, 3.63) is 174 Å². The van der Waals surface area contributed by atoms with E-state index in [9.17, 15) is 10.0 Å². The lowest BCUT2D eigenvalue weighted by molar-refractivity contribution is -0.689. The molecule has 6 aromatic rings. The average molecular weight is 581 g/mol. The number of benzene rings is 2. The molecule has 0 unspecified atom stereocenters. The highest BCUT2D eigenvalue weighted by Gasteiger charge is 2.17. The van der Waals surface area contributed by atoms with Gasteiger partial charge in [-0.3, -0.25) is 0 Å². The monoisotopic (exact) mass is 580 g/mol. The van der Waals surface area contributed by atoms with E-state index < -0.39 is 7.12 Å². The number of hydrogen-bond acceptors (Lipinski definition) is 2. The van der Waals surface area contributed by atoms with Gasteiger partial charge in [0.05, 0.1) is 0 Å². The summed E-state index contributed by atoms with van der Waals surface area (Å²) in [6.45, 7) is 5.02. The summed E-state index contributed by atoms with van der Waals surface area (Å²) < 4.78 is 8.59. The van der Waals surface area contributed by atoms with Gasteiger partial charge in [-0.25, -0.2) is 18.3 Å². The molecule has 0 amide bonds. The lowest BCUT2D eigenvalue weighted by Gasteiger charge is -2.07. The first-order chi connectivity index (χ1) is 21.5. The molecule has 4 aromatic heterocycles. The van der Waals surface area contributed by atoms with Gasteiger partial charge in [0.2, 0.25) is 0 Å². The molecule has 4 heterocycles. The smallest absolute Gasteiger partial charge is 0.423 e. The first-order valence-corrected chi connectivity index (χ1v) is 14.9. The Morgan fingerprint density at radius 1 is 0.455 bits per heavy atom. The van der Waals surface area contributed by atoms with Crippen LogP contribution in [0.5, 0.6) is 0 Å². The predicted octanol–water partition coefficient (Wildman–Crippen LogP) is 2.69. The maximum absolute atomic E-state index is 9.91. The van der Waals surface area contributed by atoms with Crippen molar-refractivity contribution in [1.82, 2.24) is 0 Å². The van der Waals surface area contributed by atoms with E-state index in [0.29, 0.717) is 18.6 Å². The van der Waals surface area contributed by atoms with Gasteiger partial charge < -0.3 is 10.0 Å². The van der Waals surface area contributed by atoms with Crippen molar-refractivity contribution in [2.75, 3.05) is 0 Å². The number of aryl methyl sites for hydroxylation is 1. The van der Waals surface area contributed by atoms with Gasteiger partial charge in [0.1, 0.15) is 0 Å². The van der Waals surface area contributed by atoms with Crippen LogP contribution in [0.3, 0.4) is 0 Å². The van der Waals surface area contributed by atoms with Gasteiger partial charge in [0, 0.05) is 70.8 Å². The molecular weight excluding hydrogens is 543 g/mol. The highest BCUT2D eigenvalue weighted by Crippen LogP contribution is 2.16. The molecule has 0 fully saturated rings. The number of pyridine rings is 4. The molecule has 2 aromatic carbocycles. The highest BCUT2D eigenvalue weighted by atomic mass is 16.4. The van der Waals surface area contributed by atoms with Crippen molar-refractivity contribution in [2.45, 2.75) is 33.1 Å². The summed E-state index contributed by atoms with van der Waals surface area (Å²) in [5.41, 5.74) is 8.61. The van der Waals surface area contributed by atoms with Gasteiger partial charge in [-0.1, -0.05) is 36.4 Å². The quantitative estimate of drug-likeness (QED) is 0.194. The Kier molecular flexibility index (Phi) is 8.97.